The van der Waals surface area contributed by atoms with Crippen LogP contribution in [0.5, 0.6) is 0 Å². The number of likely N-dealkylation sites (tertiary alicyclic amines) is 2. The van der Waals surface area contributed by atoms with Gasteiger partial charge in [0.2, 0.25) is 10.9 Å². The number of hydrogen-bond donors (Lipinski definition) is 10. The van der Waals surface area contributed by atoms with Crippen LogP contribution in [0.3, 0.4) is 0 Å². The van der Waals surface area contributed by atoms with Crippen LogP contribution < -0.4 is 41.9 Å². The Balaban J connectivity index is 0.728. The highest BCUT2D eigenvalue weighted by molar-refractivity contribution is 5.97. The number of nitrogens with one attached hydrogen (secondary N) is 8. The molecule has 8 rings (SSSR count). The van der Waals surface area contributed by atoms with E-state index in [2.05, 4.69) is 31.2 Å². The maximum Gasteiger partial charge on any atom is 0.341 e. The fourth-order valence-corrected chi connectivity index (χ4v) is 10.1. The molecule has 10 N–H and O–H groups in total. The average molecular weight is 971 g/mol. The van der Waals surface area contributed by atoms with Crippen LogP contribution in [0.2, 0.25) is 0 Å². The summed E-state index contributed by atoms with van der Waals surface area (Å²) in [7, 11) is 0. The number of pyridine rings is 4. The second-order valence-electron chi connectivity index (χ2n) is 20.4. The monoisotopic (exact) mass is 970 g/mol. The summed E-state index contributed by atoms with van der Waals surface area (Å²) < 4.78 is 34.4. The van der Waals surface area contributed by atoms with Gasteiger partial charge in [0, 0.05) is 62.7 Å². The molecule has 22 nitrogen and oxygen atoms in total. The quantitative estimate of drug-likeness (QED) is 0.0587. The normalized spacial score (nSPS) is 19.6. The summed E-state index contributed by atoms with van der Waals surface area (Å²) in [6.45, 7) is 13.6. The zero-order valence-corrected chi connectivity index (χ0v) is 40.0. The van der Waals surface area contributed by atoms with E-state index >= 15 is 8.78 Å². The number of anilines is 2. The predicted octanol–water partition coefficient (Wildman–Crippen LogP) is 3.17. The lowest BCUT2D eigenvalue weighted by atomic mass is 10.1. The van der Waals surface area contributed by atoms with E-state index in [1.54, 1.807) is 9.13 Å². The fourth-order valence-electron chi connectivity index (χ4n) is 10.1. The predicted molar refractivity (Wildman–Crippen MR) is 260 cm³/mol. The summed E-state index contributed by atoms with van der Waals surface area (Å²) in [5.74, 6) is -4.05. The lowest BCUT2D eigenvalue weighted by Gasteiger charge is -2.36. The van der Waals surface area contributed by atoms with Crippen molar-refractivity contribution in [3.63, 3.8) is 0 Å². The van der Waals surface area contributed by atoms with Gasteiger partial charge in [-0.25, -0.2) is 28.3 Å². The molecule has 0 amide bonds. The topological polar surface area (TPSA) is 301 Å². The van der Waals surface area contributed by atoms with Gasteiger partial charge in [-0.05, 0) is 79.4 Å². The van der Waals surface area contributed by atoms with E-state index < -0.39 is 56.6 Å². The van der Waals surface area contributed by atoms with Crippen molar-refractivity contribution in [2.24, 2.45) is 0 Å². The number of aromatic carboxylic acids is 2. The molecular formula is C46H60F2N16O6. The molecule has 24 heteroatoms. The second-order valence-corrected chi connectivity index (χ2v) is 20.4. The van der Waals surface area contributed by atoms with Gasteiger partial charge in [0.15, 0.2) is 47.1 Å². The molecule has 0 saturated carbocycles. The minimum Gasteiger partial charge on any atom is -0.477 e. The molecule has 4 aromatic rings. The Morgan fingerprint density at radius 1 is 0.629 bits per heavy atom. The van der Waals surface area contributed by atoms with Gasteiger partial charge >= 0.3 is 11.9 Å². The van der Waals surface area contributed by atoms with E-state index in [4.69, 9.17) is 21.6 Å². The van der Waals surface area contributed by atoms with Gasteiger partial charge in [0.1, 0.15) is 22.4 Å². The Hall–Kier alpha value is -7.40. The molecule has 0 aliphatic carbocycles. The smallest absolute Gasteiger partial charge is 0.341 e. The maximum absolute atomic E-state index is 15.6. The Kier molecular flexibility index (Phi) is 13.0. The van der Waals surface area contributed by atoms with E-state index in [1.807, 2.05) is 61.1 Å². The number of carboxylic acids is 2. The first-order valence-corrected chi connectivity index (χ1v) is 23.3. The third-order valence-corrected chi connectivity index (χ3v) is 13.5. The zero-order valence-electron chi connectivity index (χ0n) is 40.0. The first-order chi connectivity index (χ1) is 32.9. The molecule has 4 aliphatic rings. The highest BCUT2D eigenvalue weighted by Gasteiger charge is 2.47. The number of carbonyl (C=O) groups is 2. The van der Waals surface area contributed by atoms with E-state index in [0.29, 0.717) is 52.1 Å². The number of fused-ring (bicyclic) bond motifs is 6. The van der Waals surface area contributed by atoms with Crippen molar-refractivity contribution >= 4 is 69.5 Å². The lowest BCUT2D eigenvalue weighted by Crippen LogP contribution is -2.55. The molecule has 4 atom stereocenters. The van der Waals surface area contributed by atoms with Crippen molar-refractivity contribution in [2.45, 2.75) is 115 Å². The van der Waals surface area contributed by atoms with Crippen LogP contribution in [0.1, 0.15) is 101 Å². The van der Waals surface area contributed by atoms with Gasteiger partial charge in [-0.15, -0.1) is 0 Å². The number of carboxylic acid groups (broad SMARTS) is 2. The number of rotatable bonds is 11. The molecule has 70 heavy (non-hydrogen) atoms. The van der Waals surface area contributed by atoms with Crippen molar-refractivity contribution in [1.29, 1.82) is 21.6 Å². The highest BCUT2D eigenvalue weighted by atomic mass is 19.1. The largest absolute Gasteiger partial charge is 0.477 e. The molecule has 2 unspecified atom stereocenters. The summed E-state index contributed by atoms with van der Waals surface area (Å²) in [4.78, 5) is 66.1. The molecule has 4 bridgehead atoms. The van der Waals surface area contributed by atoms with Gasteiger partial charge in [0.05, 0.1) is 34.9 Å². The van der Waals surface area contributed by atoms with Crippen LogP contribution in [0.15, 0.2) is 34.1 Å². The van der Waals surface area contributed by atoms with Gasteiger partial charge in [0.25, 0.3) is 0 Å². The molecular weight excluding hydrogens is 911 g/mol. The number of unbranched alkanes of at least 4 members (excludes halogenated alkanes) is 3. The SMILES string of the molecule is CC(C)(C)n1cc(C(=O)O)c(=O)c2cc(F)c(N3C[C@H]4CC3CN4C(=N)NC(=N)NCCCCCCNC(=N)NC(=N)N3CC4C[C@H]3CN4c3nc4c(cc3F)c(=O)c(C(=O)O)cn4C(C)(C)C)nc21. The molecule has 374 valence electrons. The van der Waals surface area contributed by atoms with Crippen molar-refractivity contribution in [1.82, 2.24) is 50.2 Å². The van der Waals surface area contributed by atoms with E-state index in [9.17, 15) is 29.4 Å². The van der Waals surface area contributed by atoms with Crippen LogP contribution >= 0.6 is 0 Å². The van der Waals surface area contributed by atoms with E-state index in [-0.39, 0.29) is 81.7 Å². The van der Waals surface area contributed by atoms with Gasteiger partial charge < -0.3 is 49.6 Å². The maximum atomic E-state index is 15.6. The molecule has 4 aliphatic heterocycles. The van der Waals surface area contributed by atoms with Crippen molar-refractivity contribution in [2.75, 3.05) is 49.1 Å². The van der Waals surface area contributed by atoms with Crippen LogP contribution in [-0.2, 0) is 11.1 Å². The zero-order chi connectivity index (χ0) is 50.7. The van der Waals surface area contributed by atoms with Crippen LogP contribution in [-0.4, -0.2) is 138 Å². The van der Waals surface area contributed by atoms with Crippen molar-refractivity contribution < 1.29 is 28.6 Å². The first-order valence-electron chi connectivity index (χ1n) is 23.3. The molecule has 4 saturated heterocycles. The lowest BCUT2D eigenvalue weighted by molar-refractivity contribution is 0.0683. The minimum atomic E-state index is -1.40. The van der Waals surface area contributed by atoms with Crippen LogP contribution in [0, 0.1) is 33.3 Å². The Morgan fingerprint density at radius 2 is 1.00 bits per heavy atom. The molecule has 4 fully saturated rings. The standard InChI is InChI=1S/C46H60F2N16O6/c1-45(2,3)63-21-29(39(67)68)33(65)27-15-31(47)37(55-35(27)63)59-17-25-13-23(59)19-61(25)43(51)57-41(49)53-11-9-7-8-10-12-54-42(50)58-44(52)62-20-24-14-26(62)18-60(24)38-32(48)16-28-34(66)30(40(69)70)22-64(36(28)56-38)46(4,5)6/h15-16,21-26H,7-14,17-20H2,1-6H3,(H,67,68)(H,69,70)(H4,49,51,53,57)(H4,50,52,54,58)/t23?,24?,25-,26+. The Bertz CT molecular complexity index is 2770. The number of nitrogens with zero attached hydrogens (tertiary/aromatic N) is 8. The highest BCUT2D eigenvalue weighted by Crippen LogP contribution is 2.38. The van der Waals surface area contributed by atoms with Crippen LogP contribution in [0.25, 0.3) is 22.1 Å². The second kappa shape index (κ2) is 18.5. The van der Waals surface area contributed by atoms with E-state index in [1.165, 1.54) is 12.4 Å². The van der Waals surface area contributed by atoms with Crippen molar-refractivity contribution in [3.8, 4) is 0 Å². The number of hydrogen-bond acceptors (Lipinski definition) is 12. The fraction of sp³-hybridized carbons (Fsp3) is 0.522. The van der Waals surface area contributed by atoms with Gasteiger partial charge in [-0.2, -0.15) is 0 Å². The molecule has 4 aromatic heterocycles. The Labute approximate surface area is 401 Å². The van der Waals surface area contributed by atoms with Crippen LogP contribution in [0.4, 0.5) is 20.4 Å². The third kappa shape index (κ3) is 9.37. The molecule has 0 spiro atoms. The third-order valence-electron chi connectivity index (χ3n) is 13.5. The van der Waals surface area contributed by atoms with E-state index in [0.717, 1.165) is 37.8 Å². The summed E-state index contributed by atoms with van der Waals surface area (Å²) in [6.07, 6.45) is 7.02. The number of guanidine groups is 4. The number of aromatic nitrogens is 4. The summed E-state index contributed by atoms with van der Waals surface area (Å²) >= 11 is 0. The Morgan fingerprint density at radius 3 is 1.31 bits per heavy atom. The van der Waals surface area contributed by atoms with Gasteiger partial charge in [-0.1, -0.05) is 12.8 Å². The number of halogens is 2. The van der Waals surface area contributed by atoms with Crippen molar-refractivity contribution in [3.05, 3.63) is 67.7 Å². The molecule has 0 aromatic carbocycles. The minimum absolute atomic E-state index is 0.0156. The molecule has 0 radical (unpaired) electrons. The summed E-state index contributed by atoms with van der Waals surface area (Å²) in [5, 5.41) is 64.7. The summed E-state index contributed by atoms with van der Waals surface area (Å²) in [5.41, 5.74) is -3.46. The summed E-state index contributed by atoms with van der Waals surface area (Å²) in [6, 6.07) is 1.49. The van der Waals surface area contributed by atoms with Gasteiger partial charge in [-0.3, -0.25) is 41.9 Å². The number of piperazine rings is 2. The average Bonchev–Trinajstić information content (AvgIpc) is 4.09. The first kappa shape index (κ1) is 49.0. The molecule has 8 heterocycles.